The fourth-order valence-electron chi connectivity index (χ4n) is 2.64. The summed E-state index contributed by atoms with van der Waals surface area (Å²) in [5, 5.41) is 17.3. The first-order chi connectivity index (χ1) is 14.4. The Morgan fingerprint density at radius 3 is 2.63 bits per heavy atom. The van der Waals surface area contributed by atoms with Crippen molar-refractivity contribution in [3.8, 4) is 0 Å². The fourth-order valence-corrected chi connectivity index (χ4v) is 4.47. The van der Waals surface area contributed by atoms with E-state index < -0.39 is 4.92 Å². The van der Waals surface area contributed by atoms with Crippen LogP contribution in [-0.4, -0.2) is 22.0 Å². The maximum absolute atomic E-state index is 13.2. The molecule has 0 atom stereocenters. The van der Waals surface area contributed by atoms with Crippen molar-refractivity contribution in [2.24, 2.45) is 5.10 Å². The van der Waals surface area contributed by atoms with Crippen molar-refractivity contribution < 1.29 is 9.72 Å². The van der Waals surface area contributed by atoms with E-state index in [1.807, 2.05) is 25.1 Å². The van der Waals surface area contributed by atoms with Gasteiger partial charge in [0.15, 0.2) is 0 Å². The van der Waals surface area contributed by atoms with Gasteiger partial charge in [0.1, 0.15) is 0 Å². The largest absolute Gasteiger partial charge is 0.324 e. The normalized spacial score (nSPS) is 11.3. The van der Waals surface area contributed by atoms with Crippen LogP contribution in [0.3, 0.4) is 0 Å². The Labute approximate surface area is 184 Å². The first-order valence-corrected chi connectivity index (χ1v) is 10.7. The molecule has 2 aromatic carbocycles. The van der Waals surface area contributed by atoms with E-state index in [1.54, 1.807) is 30.3 Å². The number of rotatable bonds is 5. The molecule has 2 heterocycles. The molecular formula is C20H13ClN4O3S2. The van der Waals surface area contributed by atoms with Gasteiger partial charge in [-0.2, -0.15) is 10.1 Å². The number of thiophene rings is 1. The number of anilines is 1. The Hall–Kier alpha value is -3.14. The number of hydrogen-bond acceptors (Lipinski definition) is 7. The molecule has 0 unspecified atom stereocenters. The van der Waals surface area contributed by atoms with Gasteiger partial charge in [-0.15, -0.1) is 0 Å². The molecular weight excluding hydrogens is 444 g/mol. The molecule has 0 aliphatic heterocycles. The molecule has 150 valence electrons. The first-order valence-electron chi connectivity index (χ1n) is 8.66. The van der Waals surface area contributed by atoms with E-state index in [2.05, 4.69) is 10.1 Å². The molecule has 0 saturated carbocycles. The first kappa shape index (κ1) is 20.1. The molecule has 0 bridgehead atoms. The van der Waals surface area contributed by atoms with E-state index >= 15 is 0 Å². The highest BCUT2D eigenvalue weighted by Gasteiger charge is 2.21. The van der Waals surface area contributed by atoms with Crippen LogP contribution in [0.4, 0.5) is 10.1 Å². The summed E-state index contributed by atoms with van der Waals surface area (Å²) in [5.41, 5.74) is 2.24. The number of hydrogen-bond donors (Lipinski definition) is 0. The van der Waals surface area contributed by atoms with Gasteiger partial charge in [-0.05, 0) is 55.0 Å². The Morgan fingerprint density at radius 2 is 1.93 bits per heavy atom. The Morgan fingerprint density at radius 1 is 1.17 bits per heavy atom. The second kappa shape index (κ2) is 8.31. The highest BCUT2D eigenvalue weighted by Crippen LogP contribution is 2.31. The van der Waals surface area contributed by atoms with Gasteiger partial charge in [-0.1, -0.05) is 40.3 Å². The van der Waals surface area contributed by atoms with Crippen LogP contribution < -0.4 is 5.01 Å². The van der Waals surface area contributed by atoms with Crippen LogP contribution >= 0.6 is 34.3 Å². The number of carbonyl (C=O) groups is 1. The van der Waals surface area contributed by atoms with Gasteiger partial charge in [0, 0.05) is 16.7 Å². The van der Waals surface area contributed by atoms with Gasteiger partial charge in [0.2, 0.25) is 5.13 Å². The summed E-state index contributed by atoms with van der Waals surface area (Å²) in [7, 11) is 0. The van der Waals surface area contributed by atoms with E-state index in [9.17, 15) is 14.9 Å². The zero-order valence-corrected chi connectivity index (χ0v) is 17.9. The molecule has 0 aliphatic rings. The molecule has 7 nitrogen and oxygen atoms in total. The molecule has 4 aromatic rings. The Bertz CT molecular complexity index is 1280. The number of aryl methyl sites for hydroxylation is 1. The molecule has 10 heteroatoms. The third kappa shape index (κ3) is 4.23. The summed E-state index contributed by atoms with van der Waals surface area (Å²) in [5.74, 6) is -0.384. The van der Waals surface area contributed by atoms with Gasteiger partial charge in [-0.25, -0.2) is 4.98 Å². The van der Waals surface area contributed by atoms with Gasteiger partial charge in [0.25, 0.3) is 5.91 Å². The molecule has 1 amide bonds. The lowest BCUT2D eigenvalue weighted by molar-refractivity contribution is -0.380. The second-order valence-corrected chi connectivity index (χ2v) is 8.81. The van der Waals surface area contributed by atoms with Crippen LogP contribution in [0.1, 0.15) is 20.8 Å². The third-order valence-corrected chi connectivity index (χ3v) is 6.31. The summed E-state index contributed by atoms with van der Waals surface area (Å²) in [6.07, 6.45) is 1.42. The van der Waals surface area contributed by atoms with Crippen LogP contribution in [0.5, 0.6) is 0 Å². The Balaban J connectivity index is 1.74. The van der Waals surface area contributed by atoms with E-state index in [4.69, 9.17) is 11.6 Å². The molecule has 4 rings (SSSR count). The smallest absolute Gasteiger partial charge is 0.267 e. The third-order valence-electron chi connectivity index (χ3n) is 4.09. The quantitative estimate of drug-likeness (QED) is 0.212. The lowest BCUT2D eigenvalue weighted by atomic mass is 10.2. The van der Waals surface area contributed by atoms with Gasteiger partial charge in [0.05, 0.1) is 26.2 Å². The van der Waals surface area contributed by atoms with Gasteiger partial charge >= 0.3 is 5.00 Å². The van der Waals surface area contributed by atoms with Crippen LogP contribution in [0.15, 0.2) is 59.7 Å². The van der Waals surface area contributed by atoms with Crippen molar-refractivity contribution in [1.29, 1.82) is 0 Å². The van der Waals surface area contributed by atoms with Crippen molar-refractivity contribution >= 4 is 66.7 Å². The molecule has 0 spiro atoms. The topological polar surface area (TPSA) is 88.7 Å². The van der Waals surface area contributed by atoms with Gasteiger partial charge in [-0.3, -0.25) is 14.9 Å². The standard InChI is InChI=1S/C20H13ClN4O3S2/c1-12-2-8-16-17(10-12)30-20(23-16)24(19(26)13-3-5-14(21)6-4-13)22-11-15-7-9-18(29-15)25(27)28/h2-11H,1H3/b22-11+. The van der Waals surface area contributed by atoms with Crippen molar-refractivity contribution in [2.75, 3.05) is 5.01 Å². The highest BCUT2D eigenvalue weighted by atomic mass is 35.5. The number of halogens is 1. The van der Waals surface area contributed by atoms with Crippen molar-refractivity contribution in [1.82, 2.24) is 4.98 Å². The molecule has 30 heavy (non-hydrogen) atoms. The number of fused-ring (bicyclic) bond motifs is 1. The number of carbonyl (C=O) groups excluding carboxylic acids is 1. The van der Waals surface area contributed by atoms with Crippen LogP contribution in [-0.2, 0) is 0 Å². The number of benzene rings is 2. The SMILES string of the molecule is Cc1ccc2nc(N(/N=C/c3ccc([N+](=O)[O-])s3)C(=O)c3ccc(Cl)cc3)sc2c1. The minimum absolute atomic E-state index is 0.00231. The zero-order valence-electron chi connectivity index (χ0n) is 15.5. The summed E-state index contributed by atoms with van der Waals surface area (Å²) in [4.78, 5) is 28.7. The van der Waals surface area contributed by atoms with Crippen LogP contribution in [0.25, 0.3) is 10.2 Å². The predicted octanol–water partition coefficient (Wildman–Crippen LogP) is 5.91. The molecule has 0 N–H and O–H groups in total. The molecule has 0 aliphatic carbocycles. The number of hydrazone groups is 1. The number of nitrogens with zero attached hydrogens (tertiary/aromatic N) is 4. The molecule has 0 radical (unpaired) electrons. The van der Waals surface area contributed by atoms with Crippen LogP contribution in [0, 0.1) is 17.0 Å². The maximum atomic E-state index is 13.2. The predicted molar refractivity (Wildman–Crippen MR) is 121 cm³/mol. The van der Waals surface area contributed by atoms with Crippen molar-refractivity contribution in [3.05, 3.63) is 85.7 Å². The molecule has 2 aromatic heterocycles. The van der Waals surface area contributed by atoms with E-state index in [-0.39, 0.29) is 10.9 Å². The van der Waals surface area contributed by atoms with Crippen molar-refractivity contribution in [2.45, 2.75) is 6.92 Å². The van der Waals surface area contributed by atoms with Gasteiger partial charge < -0.3 is 0 Å². The maximum Gasteiger partial charge on any atom is 0.324 e. The minimum atomic E-state index is -0.464. The van der Waals surface area contributed by atoms with E-state index in [1.165, 1.54) is 28.6 Å². The second-order valence-electron chi connectivity index (χ2n) is 6.27. The summed E-state index contributed by atoms with van der Waals surface area (Å²) < 4.78 is 0.931. The highest BCUT2D eigenvalue weighted by molar-refractivity contribution is 7.22. The molecule has 0 fully saturated rings. The lowest BCUT2D eigenvalue weighted by Crippen LogP contribution is -2.25. The fraction of sp³-hybridized carbons (Fsp3) is 0.0500. The number of aromatic nitrogens is 1. The Kier molecular flexibility index (Phi) is 5.58. The number of nitro groups is 1. The average molecular weight is 457 g/mol. The average Bonchev–Trinajstić information content (AvgIpc) is 3.35. The minimum Gasteiger partial charge on any atom is -0.267 e. The van der Waals surface area contributed by atoms with Crippen molar-refractivity contribution in [3.63, 3.8) is 0 Å². The summed E-state index contributed by atoms with van der Waals surface area (Å²) >= 11 is 8.25. The number of thiazole rings is 1. The number of amides is 1. The van der Waals surface area contributed by atoms with E-state index in [0.29, 0.717) is 20.6 Å². The molecule has 0 saturated heterocycles. The lowest BCUT2D eigenvalue weighted by Gasteiger charge is -2.13. The summed E-state index contributed by atoms with van der Waals surface area (Å²) in [6.45, 7) is 1.98. The summed E-state index contributed by atoms with van der Waals surface area (Å²) in [6, 6.07) is 15.3. The van der Waals surface area contributed by atoms with Crippen LogP contribution in [0.2, 0.25) is 5.02 Å². The zero-order chi connectivity index (χ0) is 21.3. The van der Waals surface area contributed by atoms with E-state index in [0.717, 1.165) is 27.1 Å². The monoisotopic (exact) mass is 456 g/mol.